The van der Waals surface area contributed by atoms with E-state index in [4.69, 9.17) is 5.73 Å². The molecule has 1 atom stereocenters. The molecule has 5 nitrogen and oxygen atoms in total. The van der Waals surface area contributed by atoms with Crippen molar-refractivity contribution in [2.75, 3.05) is 18.4 Å². The number of benzene rings is 2. The van der Waals surface area contributed by atoms with Crippen molar-refractivity contribution in [3.8, 4) is 0 Å². The molecule has 1 unspecified atom stereocenters. The van der Waals surface area contributed by atoms with Crippen LogP contribution >= 0.6 is 0 Å². The number of anilines is 1. The van der Waals surface area contributed by atoms with E-state index in [1.54, 1.807) is 24.3 Å². The molecule has 0 bridgehead atoms. The number of nitrogens with one attached hydrogen (secondary N) is 1. The van der Waals surface area contributed by atoms with E-state index < -0.39 is 5.91 Å². The van der Waals surface area contributed by atoms with E-state index in [1.165, 1.54) is 16.7 Å². The van der Waals surface area contributed by atoms with E-state index >= 15 is 0 Å². The summed E-state index contributed by atoms with van der Waals surface area (Å²) >= 11 is 0. The molecule has 25 heavy (non-hydrogen) atoms. The number of carbonyl (C=O) groups is 2. The number of urea groups is 1. The summed E-state index contributed by atoms with van der Waals surface area (Å²) in [7, 11) is 0. The summed E-state index contributed by atoms with van der Waals surface area (Å²) in [6, 6.07) is 13.0. The number of primary amides is 1. The molecule has 2 aromatic carbocycles. The minimum Gasteiger partial charge on any atom is -0.366 e. The molecular weight excluding hydrogens is 314 g/mol. The Morgan fingerprint density at radius 3 is 2.68 bits per heavy atom. The topological polar surface area (TPSA) is 75.4 Å². The maximum atomic E-state index is 12.5. The Morgan fingerprint density at radius 1 is 1.16 bits per heavy atom. The van der Waals surface area contributed by atoms with Crippen LogP contribution in [0.3, 0.4) is 0 Å². The van der Waals surface area contributed by atoms with Gasteiger partial charge in [0.05, 0.1) is 0 Å². The summed E-state index contributed by atoms with van der Waals surface area (Å²) in [5.74, 6) is -0.143. The predicted molar refractivity (Wildman–Crippen MR) is 98.8 cm³/mol. The number of likely N-dealkylation sites (tertiary alicyclic amines) is 1. The van der Waals surface area contributed by atoms with Gasteiger partial charge in [0.2, 0.25) is 5.91 Å². The molecule has 5 heteroatoms. The average Bonchev–Trinajstić information content (AvgIpc) is 3.05. The highest BCUT2D eigenvalue weighted by Gasteiger charge is 2.28. The zero-order chi connectivity index (χ0) is 18.0. The molecule has 1 saturated heterocycles. The number of nitrogens with zero attached hydrogens (tertiary/aromatic N) is 1. The molecule has 0 aromatic heterocycles. The van der Waals surface area contributed by atoms with Crippen LogP contribution in [0.1, 0.15) is 39.4 Å². The maximum absolute atomic E-state index is 12.5. The first kappa shape index (κ1) is 17.0. The molecule has 1 fully saturated rings. The Kier molecular flexibility index (Phi) is 4.74. The van der Waals surface area contributed by atoms with E-state index in [-0.39, 0.29) is 6.03 Å². The van der Waals surface area contributed by atoms with Crippen LogP contribution < -0.4 is 11.1 Å². The smallest absolute Gasteiger partial charge is 0.321 e. The van der Waals surface area contributed by atoms with Crippen LogP contribution in [0.4, 0.5) is 10.5 Å². The summed E-state index contributed by atoms with van der Waals surface area (Å²) in [5.41, 5.74) is 10.1. The fourth-order valence-electron chi connectivity index (χ4n) is 3.44. The highest BCUT2D eigenvalue weighted by Crippen LogP contribution is 2.30. The summed E-state index contributed by atoms with van der Waals surface area (Å²) in [6.07, 6.45) is 0.957. The van der Waals surface area contributed by atoms with Gasteiger partial charge in [-0.3, -0.25) is 4.79 Å². The van der Waals surface area contributed by atoms with Gasteiger partial charge in [-0.1, -0.05) is 29.8 Å². The molecule has 0 spiro atoms. The normalized spacial score (nSPS) is 16.7. The van der Waals surface area contributed by atoms with Crippen molar-refractivity contribution < 1.29 is 9.59 Å². The molecule has 0 saturated carbocycles. The van der Waals surface area contributed by atoms with Crippen LogP contribution in [-0.2, 0) is 0 Å². The van der Waals surface area contributed by atoms with E-state index in [1.807, 2.05) is 4.90 Å². The van der Waals surface area contributed by atoms with Crippen molar-refractivity contribution in [1.29, 1.82) is 0 Å². The summed E-state index contributed by atoms with van der Waals surface area (Å²) in [4.78, 5) is 25.6. The van der Waals surface area contributed by atoms with E-state index in [2.05, 4.69) is 37.4 Å². The standard InChI is InChI=1S/C20H23N3O2/c1-13-6-7-18(14(2)10-13)16-8-9-23(12-16)20(25)22-17-5-3-4-15(11-17)19(21)24/h3-7,10-11,16H,8-9,12H2,1-2H3,(H2,21,24)(H,22,25). The van der Waals surface area contributed by atoms with Gasteiger partial charge >= 0.3 is 6.03 Å². The Hall–Kier alpha value is -2.82. The molecule has 1 aliphatic rings. The lowest BCUT2D eigenvalue weighted by Crippen LogP contribution is -2.32. The molecule has 3 amide bonds. The second-order valence-electron chi connectivity index (χ2n) is 6.67. The number of carbonyl (C=O) groups excluding carboxylic acids is 2. The van der Waals surface area contributed by atoms with Crippen LogP contribution in [0.25, 0.3) is 0 Å². The maximum Gasteiger partial charge on any atom is 0.321 e. The van der Waals surface area contributed by atoms with Crippen LogP contribution in [0.15, 0.2) is 42.5 Å². The number of nitrogens with two attached hydrogens (primary N) is 1. The molecule has 0 radical (unpaired) electrons. The first-order chi connectivity index (χ1) is 11.9. The third kappa shape index (κ3) is 3.82. The Bertz CT molecular complexity index is 816. The molecule has 0 aliphatic carbocycles. The van der Waals surface area contributed by atoms with Gasteiger partial charge in [0.1, 0.15) is 0 Å². The van der Waals surface area contributed by atoms with Gasteiger partial charge in [-0.15, -0.1) is 0 Å². The zero-order valence-electron chi connectivity index (χ0n) is 14.6. The van der Waals surface area contributed by atoms with Crippen molar-refractivity contribution in [1.82, 2.24) is 4.90 Å². The minimum atomic E-state index is -0.507. The number of hydrogen-bond acceptors (Lipinski definition) is 2. The predicted octanol–water partition coefficient (Wildman–Crippen LogP) is 3.42. The van der Waals surface area contributed by atoms with Gasteiger partial charge in [-0.05, 0) is 49.6 Å². The van der Waals surface area contributed by atoms with Crippen molar-refractivity contribution in [2.24, 2.45) is 5.73 Å². The monoisotopic (exact) mass is 337 g/mol. The lowest BCUT2D eigenvalue weighted by Gasteiger charge is -2.18. The van der Waals surface area contributed by atoms with Gasteiger partial charge in [0.25, 0.3) is 0 Å². The summed E-state index contributed by atoms with van der Waals surface area (Å²) < 4.78 is 0. The Balaban J connectivity index is 1.66. The summed E-state index contributed by atoms with van der Waals surface area (Å²) in [5, 5.41) is 2.85. The molecule has 2 aromatic rings. The Morgan fingerprint density at radius 2 is 1.96 bits per heavy atom. The van der Waals surface area contributed by atoms with Crippen LogP contribution in [0.5, 0.6) is 0 Å². The molecule has 1 aliphatic heterocycles. The fraction of sp³-hybridized carbons (Fsp3) is 0.300. The number of amides is 3. The average molecular weight is 337 g/mol. The molecule has 3 rings (SSSR count). The Labute approximate surface area is 147 Å². The minimum absolute atomic E-state index is 0.145. The van der Waals surface area contributed by atoms with Gasteiger partial charge in [0.15, 0.2) is 0 Å². The molecule has 3 N–H and O–H groups in total. The van der Waals surface area contributed by atoms with E-state index in [0.717, 1.165) is 13.0 Å². The SMILES string of the molecule is Cc1ccc(C2CCN(C(=O)Nc3cccc(C(N)=O)c3)C2)c(C)c1. The summed E-state index contributed by atoms with van der Waals surface area (Å²) in [6.45, 7) is 5.64. The van der Waals surface area contributed by atoms with Crippen LogP contribution in [0.2, 0.25) is 0 Å². The van der Waals surface area contributed by atoms with E-state index in [9.17, 15) is 9.59 Å². The third-order valence-corrected chi connectivity index (χ3v) is 4.74. The van der Waals surface area contributed by atoms with Gasteiger partial charge in [-0.25, -0.2) is 4.79 Å². The first-order valence-corrected chi connectivity index (χ1v) is 8.47. The number of hydrogen-bond donors (Lipinski definition) is 2. The van der Waals surface area contributed by atoms with Crippen molar-refractivity contribution >= 4 is 17.6 Å². The lowest BCUT2D eigenvalue weighted by molar-refractivity contribution is 0.1000. The third-order valence-electron chi connectivity index (χ3n) is 4.74. The van der Waals surface area contributed by atoms with Gasteiger partial charge < -0.3 is 16.0 Å². The van der Waals surface area contributed by atoms with Crippen LogP contribution in [-0.4, -0.2) is 29.9 Å². The molecular formula is C20H23N3O2. The zero-order valence-corrected chi connectivity index (χ0v) is 14.6. The van der Waals surface area contributed by atoms with Crippen molar-refractivity contribution in [3.63, 3.8) is 0 Å². The second-order valence-corrected chi connectivity index (χ2v) is 6.67. The highest BCUT2D eigenvalue weighted by molar-refractivity contribution is 5.95. The lowest BCUT2D eigenvalue weighted by atomic mass is 9.93. The largest absolute Gasteiger partial charge is 0.366 e. The second kappa shape index (κ2) is 6.97. The quantitative estimate of drug-likeness (QED) is 0.900. The fourth-order valence-corrected chi connectivity index (χ4v) is 3.44. The van der Waals surface area contributed by atoms with Crippen molar-refractivity contribution in [2.45, 2.75) is 26.2 Å². The van der Waals surface area contributed by atoms with Gasteiger partial charge in [-0.2, -0.15) is 0 Å². The molecule has 130 valence electrons. The highest BCUT2D eigenvalue weighted by atomic mass is 16.2. The van der Waals surface area contributed by atoms with E-state index in [0.29, 0.717) is 23.7 Å². The number of aryl methyl sites for hydroxylation is 2. The van der Waals surface area contributed by atoms with Gasteiger partial charge in [0, 0.05) is 30.3 Å². The van der Waals surface area contributed by atoms with Crippen molar-refractivity contribution in [3.05, 3.63) is 64.7 Å². The molecule has 1 heterocycles. The number of rotatable bonds is 3. The first-order valence-electron chi connectivity index (χ1n) is 8.47. The van der Waals surface area contributed by atoms with Crippen LogP contribution in [0, 0.1) is 13.8 Å².